The van der Waals surface area contributed by atoms with E-state index in [2.05, 4.69) is 9.39 Å². The molecule has 0 spiro atoms. The normalized spacial score (nSPS) is 27.8. The smallest absolute Gasteiger partial charge is 0.303 e. The summed E-state index contributed by atoms with van der Waals surface area (Å²) >= 11 is 0. The zero-order chi connectivity index (χ0) is 10.7. The van der Waals surface area contributed by atoms with Crippen LogP contribution < -0.4 is 0 Å². The number of aliphatic carboxylic acids is 2. The third kappa shape index (κ3) is 3.24. The van der Waals surface area contributed by atoms with Gasteiger partial charge in [0.25, 0.3) is 0 Å². The molecule has 1 heterocycles. The maximum absolute atomic E-state index is 10.5. The minimum absolute atomic E-state index is 0.0406. The third-order valence-electron chi connectivity index (χ3n) is 2.48. The van der Waals surface area contributed by atoms with Crippen LogP contribution >= 0.6 is 9.39 Å². The molecular weight excluding hydrogens is 205 g/mol. The second-order valence-corrected chi connectivity index (χ2v) is 4.40. The summed E-state index contributed by atoms with van der Waals surface area (Å²) in [5.41, 5.74) is 0. The van der Waals surface area contributed by atoms with Crippen LogP contribution in [0.3, 0.4) is 0 Å². The first-order valence-corrected chi connectivity index (χ1v) is 4.94. The van der Waals surface area contributed by atoms with Gasteiger partial charge in [-0.05, 0) is 11.8 Å². The van der Waals surface area contributed by atoms with Crippen LogP contribution in [0.4, 0.5) is 0 Å². The van der Waals surface area contributed by atoms with Crippen LogP contribution in [0.15, 0.2) is 0 Å². The van der Waals surface area contributed by atoms with Crippen molar-refractivity contribution in [2.45, 2.75) is 12.8 Å². The Balaban J connectivity index is 2.53. The summed E-state index contributed by atoms with van der Waals surface area (Å²) in [6.07, 6.45) is 0.117. The predicted molar refractivity (Wildman–Crippen MR) is 52.8 cm³/mol. The molecule has 0 bridgehead atoms. The Labute approximate surface area is 84.3 Å². The van der Waals surface area contributed by atoms with Crippen molar-refractivity contribution >= 4 is 21.3 Å². The average molecular weight is 219 g/mol. The molecule has 0 aromatic carbocycles. The third-order valence-corrected chi connectivity index (χ3v) is 2.90. The Hall–Kier alpha value is -0.670. The highest BCUT2D eigenvalue weighted by atomic mass is 31.0. The quantitative estimate of drug-likeness (QED) is 0.664. The van der Waals surface area contributed by atoms with Crippen molar-refractivity contribution in [3.05, 3.63) is 0 Å². The van der Waals surface area contributed by atoms with E-state index < -0.39 is 11.9 Å². The Morgan fingerprint density at radius 3 is 1.79 bits per heavy atom. The number of hydrogen-bond acceptors (Lipinski definition) is 3. The van der Waals surface area contributed by atoms with E-state index in [-0.39, 0.29) is 24.7 Å². The predicted octanol–water partition coefficient (Wildman–Crippen LogP) is 0.274. The molecule has 0 radical (unpaired) electrons. The molecule has 1 fully saturated rings. The van der Waals surface area contributed by atoms with Crippen LogP contribution in [0.1, 0.15) is 12.8 Å². The topological polar surface area (TPSA) is 77.8 Å². The molecule has 0 amide bonds. The van der Waals surface area contributed by atoms with Crippen molar-refractivity contribution in [3.63, 3.8) is 0 Å². The summed E-state index contributed by atoms with van der Waals surface area (Å²) in [4.78, 5) is 21.0. The maximum atomic E-state index is 10.5. The largest absolute Gasteiger partial charge is 0.481 e. The molecule has 3 unspecified atom stereocenters. The molecule has 1 rings (SSSR count). The molecule has 14 heavy (non-hydrogen) atoms. The molecule has 1 saturated heterocycles. The van der Waals surface area contributed by atoms with Gasteiger partial charge in [0.2, 0.25) is 0 Å². The van der Waals surface area contributed by atoms with E-state index in [1.165, 1.54) is 0 Å². The van der Waals surface area contributed by atoms with Crippen molar-refractivity contribution in [2.24, 2.45) is 11.8 Å². The van der Waals surface area contributed by atoms with Crippen molar-refractivity contribution in [3.8, 4) is 0 Å². The molecule has 2 N–H and O–H groups in total. The van der Waals surface area contributed by atoms with Crippen molar-refractivity contribution in [1.82, 2.24) is 4.67 Å². The minimum atomic E-state index is -0.856. The van der Waals surface area contributed by atoms with Gasteiger partial charge in [0.15, 0.2) is 0 Å². The molecule has 6 heteroatoms. The SMILES string of the molecule is O=C(O)CC1CN(P)CC1CC(=O)O. The first-order valence-electron chi connectivity index (χ1n) is 4.42. The Bertz CT molecular complexity index is 221. The Morgan fingerprint density at radius 2 is 1.50 bits per heavy atom. The lowest BCUT2D eigenvalue weighted by atomic mass is 9.90. The molecule has 0 aromatic heterocycles. The highest BCUT2D eigenvalue weighted by Gasteiger charge is 2.33. The second-order valence-electron chi connectivity index (χ2n) is 3.67. The number of hydrogen-bond donors (Lipinski definition) is 2. The van der Waals surface area contributed by atoms with Crippen LogP contribution in [0.2, 0.25) is 0 Å². The molecule has 1 aliphatic heterocycles. The lowest BCUT2D eigenvalue weighted by molar-refractivity contribution is -0.141. The van der Waals surface area contributed by atoms with E-state index in [0.717, 1.165) is 0 Å². The van der Waals surface area contributed by atoms with Crippen molar-refractivity contribution in [1.29, 1.82) is 0 Å². The van der Waals surface area contributed by atoms with E-state index in [4.69, 9.17) is 10.2 Å². The van der Waals surface area contributed by atoms with Crippen LogP contribution in [-0.4, -0.2) is 39.9 Å². The van der Waals surface area contributed by atoms with Gasteiger partial charge in [-0.15, -0.1) is 0 Å². The van der Waals surface area contributed by atoms with Gasteiger partial charge in [0.1, 0.15) is 0 Å². The molecular formula is C8H14NO4P. The number of carboxylic acids is 2. The van der Waals surface area contributed by atoms with E-state index in [0.29, 0.717) is 13.1 Å². The van der Waals surface area contributed by atoms with E-state index >= 15 is 0 Å². The first-order chi connectivity index (χ1) is 6.49. The lowest BCUT2D eigenvalue weighted by Crippen LogP contribution is -2.19. The zero-order valence-electron chi connectivity index (χ0n) is 7.72. The van der Waals surface area contributed by atoms with Gasteiger partial charge in [0, 0.05) is 25.9 Å². The highest BCUT2D eigenvalue weighted by molar-refractivity contribution is 7.13. The monoisotopic (exact) mass is 219 g/mol. The number of nitrogens with zero attached hydrogens (tertiary/aromatic N) is 1. The van der Waals surface area contributed by atoms with E-state index in [9.17, 15) is 9.59 Å². The van der Waals surface area contributed by atoms with Gasteiger partial charge in [-0.2, -0.15) is 0 Å². The molecule has 1 aliphatic rings. The molecule has 5 nitrogen and oxygen atoms in total. The minimum Gasteiger partial charge on any atom is -0.481 e. The molecule has 80 valence electrons. The van der Waals surface area contributed by atoms with Crippen LogP contribution in [0.5, 0.6) is 0 Å². The Kier molecular flexibility index (Phi) is 3.84. The fourth-order valence-electron chi connectivity index (χ4n) is 1.89. The Morgan fingerprint density at radius 1 is 1.14 bits per heavy atom. The summed E-state index contributed by atoms with van der Waals surface area (Å²) in [5, 5.41) is 17.3. The van der Waals surface area contributed by atoms with Gasteiger partial charge in [-0.3, -0.25) is 14.3 Å². The molecule has 0 saturated carbocycles. The van der Waals surface area contributed by atoms with Gasteiger partial charge in [-0.25, -0.2) is 0 Å². The van der Waals surface area contributed by atoms with Crippen molar-refractivity contribution < 1.29 is 19.8 Å². The summed E-state index contributed by atoms with van der Waals surface area (Å²) < 4.78 is 1.90. The van der Waals surface area contributed by atoms with Gasteiger partial charge in [-0.1, -0.05) is 9.39 Å². The van der Waals surface area contributed by atoms with Gasteiger partial charge in [0.05, 0.1) is 0 Å². The first kappa shape index (κ1) is 11.4. The maximum Gasteiger partial charge on any atom is 0.303 e. The van der Waals surface area contributed by atoms with Crippen molar-refractivity contribution in [2.75, 3.05) is 13.1 Å². The fourth-order valence-corrected chi connectivity index (χ4v) is 2.43. The number of rotatable bonds is 4. The van der Waals surface area contributed by atoms with Gasteiger partial charge >= 0.3 is 11.9 Å². The van der Waals surface area contributed by atoms with E-state index in [1.807, 2.05) is 4.67 Å². The highest BCUT2D eigenvalue weighted by Crippen LogP contribution is 2.30. The van der Waals surface area contributed by atoms with Gasteiger partial charge < -0.3 is 10.2 Å². The average Bonchev–Trinajstić information content (AvgIpc) is 2.28. The molecule has 0 aliphatic carbocycles. The summed E-state index contributed by atoms with van der Waals surface area (Å²) in [5.74, 6) is -1.79. The van der Waals surface area contributed by atoms with Crippen LogP contribution in [0.25, 0.3) is 0 Å². The summed E-state index contributed by atoms with van der Waals surface area (Å²) in [6.45, 7) is 1.30. The fraction of sp³-hybridized carbons (Fsp3) is 0.750. The van der Waals surface area contributed by atoms with Crippen LogP contribution in [0, 0.1) is 11.8 Å². The summed E-state index contributed by atoms with van der Waals surface area (Å²) in [7, 11) is 2.49. The molecule has 0 aromatic rings. The second kappa shape index (κ2) is 4.71. The number of carboxylic acid groups (broad SMARTS) is 2. The zero-order valence-corrected chi connectivity index (χ0v) is 8.87. The number of carbonyl (C=O) groups is 2. The lowest BCUT2D eigenvalue weighted by Gasteiger charge is -2.13. The molecule has 3 atom stereocenters. The standard InChI is InChI=1S/C8H14NO4P/c10-7(11)1-5-3-9(14)4-6(5)2-8(12)13/h5-6H,1-4,14H2,(H,10,11)(H,12,13). The van der Waals surface area contributed by atoms with E-state index in [1.54, 1.807) is 0 Å². The van der Waals surface area contributed by atoms with Crippen LogP contribution in [-0.2, 0) is 9.59 Å². The summed E-state index contributed by atoms with van der Waals surface area (Å²) in [6, 6.07) is 0.